The number of carbonyl (C=O) groups is 2. The van der Waals surface area contributed by atoms with Crippen LogP contribution in [0.5, 0.6) is 5.75 Å². The normalized spacial score (nSPS) is 34.9. The van der Waals surface area contributed by atoms with Crippen molar-refractivity contribution >= 4 is 29.3 Å². The summed E-state index contributed by atoms with van der Waals surface area (Å²) >= 11 is 6.63. The molecule has 5 unspecified atom stereocenters. The van der Waals surface area contributed by atoms with Crippen LogP contribution in [0.1, 0.15) is 39.2 Å². The number of fused-ring (bicyclic) bond motifs is 5. The van der Waals surface area contributed by atoms with Gasteiger partial charge in [-0.15, -0.1) is 0 Å². The molecule has 0 saturated carbocycles. The Morgan fingerprint density at radius 1 is 1.16 bits per heavy atom. The summed E-state index contributed by atoms with van der Waals surface area (Å²) in [5, 5.41) is 3.31. The second kappa shape index (κ2) is 11.5. The maximum absolute atomic E-state index is 13.3. The molecule has 2 amide bonds. The van der Waals surface area contributed by atoms with Crippen molar-refractivity contribution in [2.45, 2.75) is 70.5 Å². The number of carbonyl (C=O) groups excluding carboxylic acids is 2. The van der Waals surface area contributed by atoms with Crippen LogP contribution in [-0.4, -0.2) is 63.7 Å². The molecule has 0 aromatic heterocycles. The lowest BCUT2D eigenvalue weighted by Crippen LogP contribution is -2.53. The second-order valence-electron chi connectivity index (χ2n) is 10.4. The average molecular weight is 533 g/mol. The van der Waals surface area contributed by atoms with E-state index in [1.165, 1.54) is 0 Å². The van der Waals surface area contributed by atoms with Gasteiger partial charge in [-0.2, -0.15) is 0 Å². The number of amides is 2. The molecule has 1 aromatic carbocycles. The number of methoxy groups -OCH3 is 2. The Balaban J connectivity index is 1.68. The number of benzene rings is 1. The Bertz CT molecular complexity index is 1090. The fourth-order valence-electron chi connectivity index (χ4n) is 5.33. The number of ether oxygens (including phenoxy) is 4. The Morgan fingerprint density at radius 2 is 1.92 bits per heavy atom. The van der Waals surface area contributed by atoms with Crippen molar-refractivity contribution in [2.24, 2.45) is 11.8 Å². The molecule has 2 fully saturated rings. The first-order chi connectivity index (χ1) is 17.6. The number of alkyl carbamates (subject to hydrolysis) is 1. The number of halogens is 1. The average Bonchev–Trinajstić information content (AvgIpc) is 3.67. The Hall–Kier alpha value is -2.55. The van der Waals surface area contributed by atoms with E-state index in [0.29, 0.717) is 35.7 Å². The minimum Gasteiger partial charge on any atom is -0.495 e. The van der Waals surface area contributed by atoms with Crippen molar-refractivity contribution in [3.63, 3.8) is 0 Å². The van der Waals surface area contributed by atoms with Gasteiger partial charge in [-0.1, -0.05) is 49.2 Å². The molecule has 4 rings (SSSR count). The van der Waals surface area contributed by atoms with Crippen molar-refractivity contribution in [3.8, 4) is 5.75 Å². The van der Waals surface area contributed by atoms with E-state index in [0.717, 1.165) is 11.1 Å². The predicted molar refractivity (Wildman–Crippen MR) is 142 cm³/mol. The van der Waals surface area contributed by atoms with Crippen LogP contribution in [0.4, 0.5) is 10.5 Å². The third kappa shape index (κ3) is 6.13. The first kappa shape index (κ1) is 27.5. The van der Waals surface area contributed by atoms with Crippen LogP contribution >= 0.6 is 11.6 Å². The lowest BCUT2D eigenvalue weighted by molar-refractivity contribution is -0.119. The van der Waals surface area contributed by atoms with Crippen LogP contribution in [0.2, 0.25) is 5.02 Å². The topological polar surface area (TPSA) is 89.6 Å². The molecule has 1 aromatic rings. The number of epoxide rings is 1. The number of rotatable bonds is 2. The SMILES string of the molecule is COc1cc2cc(c1Cl)N(C)C(=O)CC(C)C1OC1[C@H](C)C1CC(NC(=O)O1)[C@H](OC)/C=C/C=C(\C)C2. The molecular formula is C28H37ClN2O6. The van der Waals surface area contributed by atoms with E-state index in [2.05, 4.69) is 5.32 Å². The summed E-state index contributed by atoms with van der Waals surface area (Å²) in [6.45, 7) is 6.09. The third-order valence-corrected chi connectivity index (χ3v) is 8.02. The van der Waals surface area contributed by atoms with Crippen molar-refractivity contribution < 1.29 is 28.5 Å². The van der Waals surface area contributed by atoms with Gasteiger partial charge in [-0.3, -0.25) is 4.79 Å². The molecule has 8 nitrogen and oxygen atoms in total. The van der Waals surface area contributed by atoms with Gasteiger partial charge in [0.25, 0.3) is 0 Å². The highest BCUT2D eigenvalue weighted by molar-refractivity contribution is 6.35. The summed E-state index contributed by atoms with van der Waals surface area (Å²) in [5.41, 5.74) is 2.69. The minimum atomic E-state index is -0.451. The number of hydrogen-bond acceptors (Lipinski definition) is 6. The van der Waals surface area contributed by atoms with Gasteiger partial charge in [0.1, 0.15) is 16.9 Å². The van der Waals surface area contributed by atoms with E-state index in [-0.39, 0.29) is 48.2 Å². The predicted octanol–water partition coefficient (Wildman–Crippen LogP) is 4.68. The molecule has 9 heteroatoms. The maximum Gasteiger partial charge on any atom is 0.407 e. The van der Waals surface area contributed by atoms with E-state index in [4.69, 9.17) is 30.5 Å². The van der Waals surface area contributed by atoms with Gasteiger partial charge in [0.05, 0.1) is 37.2 Å². The third-order valence-electron chi connectivity index (χ3n) is 7.64. The number of hydrogen-bond donors (Lipinski definition) is 1. The zero-order valence-corrected chi connectivity index (χ0v) is 23.1. The molecule has 37 heavy (non-hydrogen) atoms. The summed E-state index contributed by atoms with van der Waals surface area (Å²) in [5.74, 6) is 0.439. The summed E-state index contributed by atoms with van der Waals surface area (Å²) < 4.78 is 22.9. The zero-order valence-electron chi connectivity index (χ0n) is 22.3. The molecular weight excluding hydrogens is 496 g/mol. The molecule has 3 aliphatic heterocycles. The number of allylic oxidation sites excluding steroid dienone is 3. The van der Waals surface area contributed by atoms with Crippen LogP contribution in [0.3, 0.4) is 0 Å². The molecule has 4 bridgehead atoms. The Kier molecular flexibility index (Phi) is 8.51. The summed E-state index contributed by atoms with van der Waals surface area (Å²) in [6, 6.07) is 3.61. The number of nitrogens with one attached hydrogen (secondary N) is 1. The van der Waals surface area contributed by atoms with Crippen molar-refractivity contribution in [3.05, 3.63) is 46.5 Å². The highest BCUT2D eigenvalue weighted by atomic mass is 35.5. The molecule has 0 spiro atoms. The molecule has 2 saturated heterocycles. The summed E-state index contributed by atoms with van der Waals surface area (Å²) in [4.78, 5) is 27.3. The molecule has 202 valence electrons. The zero-order chi connectivity index (χ0) is 26.9. The number of anilines is 1. The van der Waals surface area contributed by atoms with Crippen LogP contribution in [-0.2, 0) is 25.4 Å². The molecule has 7 atom stereocenters. The first-order valence-corrected chi connectivity index (χ1v) is 13.1. The summed E-state index contributed by atoms with van der Waals surface area (Å²) in [6.07, 6.45) is 6.24. The van der Waals surface area contributed by atoms with Crippen LogP contribution < -0.4 is 15.0 Å². The monoisotopic (exact) mass is 532 g/mol. The molecule has 1 N–H and O–H groups in total. The first-order valence-electron chi connectivity index (χ1n) is 12.7. The van der Waals surface area contributed by atoms with Crippen LogP contribution in [0.25, 0.3) is 0 Å². The Morgan fingerprint density at radius 3 is 2.62 bits per heavy atom. The quantitative estimate of drug-likeness (QED) is 0.556. The number of nitrogens with zero attached hydrogens (tertiary/aromatic N) is 1. The lowest BCUT2D eigenvalue weighted by Gasteiger charge is -2.35. The standard InChI is InChI=1S/C28H37ClN2O6/c1-15-8-7-9-21(34-5)19-14-22(36-28(33)30-19)17(3)27-26(37-27)16(2)11-24(32)31(4)20-12-18(10-15)13-23(35-6)25(20)29/h7-9,12-13,16-17,19,21-22,26-27H,10-11,14H2,1-6H3,(H,30,33)/b9-7+,15-8+/t16?,17-,19?,21-,22?,26?,27?/m1/s1. The highest BCUT2D eigenvalue weighted by Crippen LogP contribution is 2.41. The highest BCUT2D eigenvalue weighted by Gasteiger charge is 2.51. The smallest absolute Gasteiger partial charge is 0.407 e. The van der Waals surface area contributed by atoms with Gasteiger partial charge in [0.2, 0.25) is 5.91 Å². The van der Waals surface area contributed by atoms with E-state index >= 15 is 0 Å². The van der Waals surface area contributed by atoms with E-state index in [9.17, 15) is 9.59 Å². The summed E-state index contributed by atoms with van der Waals surface area (Å²) in [7, 11) is 4.94. The van der Waals surface area contributed by atoms with Gasteiger partial charge >= 0.3 is 6.09 Å². The van der Waals surface area contributed by atoms with Crippen molar-refractivity contribution in [2.75, 3.05) is 26.2 Å². The fraction of sp³-hybridized carbons (Fsp3) is 0.571. The van der Waals surface area contributed by atoms with Gasteiger partial charge in [-0.25, -0.2) is 4.79 Å². The van der Waals surface area contributed by atoms with Crippen LogP contribution in [0.15, 0.2) is 35.9 Å². The van der Waals surface area contributed by atoms with Crippen molar-refractivity contribution in [1.82, 2.24) is 5.32 Å². The van der Waals surface area contributed by atoms with E-state index in [1.807, 2.05) is 51.1 Å². The lowest BCUT2D eigenvalue weighted by atomic mass is 9.88. The second-order valence-corrected chi connectivity index (χ2v) is 10.8. The van der Waals surface area contributed by atoms with E-state index in [1.54, 1.807) is 26.2 Å². The fourth-order valence-corrected chi connectivity index (χ4v) is 5.64. The molecule has 3 aliphatic rings. The molecule has 3 heterocycles. The van der Waals surface area contributed by atoms with Gasteiger partial charge in [-0.05, 0) is 37.0 Å². The maximum atomic E-state index is 13.3. The van der Waals surface area contributed by atoms with E-state index < -0.39 is 6.09 Å². The van der Waals surface area contributed by atoms with Gasteiger partial charge in [0, 0.05) is 32.9 Å². The molecule has 0 aliphatic carbocycles. The van der Waals surface area contributed by atoms with Crippen LogP contribution in [0, 0.1) is 11.8 Å². The molecule has 0 radical (unpaired) electrons. The Labute approximate surface area is 223 Å². The largest absolute Gasteiger partial charge is 0.495 e. The van der Waals surface area contributed by atoms with Gasteiger partial charge < -0.3 is 29.2 Å². The van der Waals surface area contributed by atoms with Crippen molar-refractivity contribution in [1.29, 1.82) is 0 Å². The van der Waals surface area contributed by atoms with Gasteiger partial charge in [0.15, 0.2) is 0 Å². The minimum absolute atomic E-state index is 0.0126.